The summed E-state index contributed by atoms with van der Waals surface area (Å²) in [5.41, 5.74) is 4.77. The number of amides is 1. The van der Waals surface area contributed by atoms with Gasteiger partial charge in [0.1, 0.15) is 11.5 Å². The van der Waals surface area contributed by atoms with Crippen LogP contribution in [-0.2, 0) is 16.0 Å². The highest BCUT2D eigenvalue weighted by molar-refractivity contribution is 6.52. The molecule has 3 aromatic carbocycles. The molecule has 194 valence electrons. The van der Waals surface area contributed by atoms with Crippen LogP contribution in [-0.4, -0.2) is 28.4 Å². The first-order valence-corrected chi connectivity index (χ1v) is 13.0. The van der Waals surface area contributed by atoms with E-state index in [2.05, 4.69) is 25.8 Å². The van der Waals surface area contributed by atoms with Gasteiger partial charge in [0, 0.05) is 33.4 Å². The number of carbonyl (C=O) groups is 2. The Balaban J connectivity index is 1.68. The summed E-state index contributed by atoms with van der Waals surface area (Å²) in [5.74, 6) is -0.527. The number of fused-ring (bicyclic) bond motifs is 1. The van der Waals surface area contributed by atoms with E-state index in [-0.39, 0.29) is 11.3 Å². The van der Waals surface area contributed by atoms with Gasteiger partial charge in [-0.2, -0.15) is 0 Å². The SMILES string of the molecule is CCc1ccc(N2C(=O)C(=O)/C(=C(/O)c3ccc(OCC(C)C)cc3)C2c2c(C)[nH]c3ccccc23)cc1. The summed E-state index contributed by atoms with van der Waals surface area (Å²) in [7, 11) is 0. The van der Waals surface area contributed by atoms with Gasteiger partial charge in [-0.05, 0) is 67.3 Å². The molecule has 6 nitrogen and oxygen atoms in total. The number of aliphatic hydroxyl groups is 1. The number of nitrogens with zero attached hydrogens (tertiary/aromatic N) is 1. The van der Waals surface area contributed by atoms with Gasteiger partial charge in [-0.3, -0.25) is 14.5 Å². The Hall–Kier alpha value is -4.32. The predicted octanol–water partition coefficient (Wildman–Crippen LogP) is 6.70. The average Bonchev–Trinajstić information content (AvgIpc) is 3.39. The van der Waals surface area contributed by atoms with Crippen molar-refractivity contribution in [3.63, 3.8) is 0 Å². The normalized spacial score (nSPS) is 17.1. The number of ketones is 1. The minimum absolute atomic E-state index is 0.0678. The zero-order valence-corrected chi connectivity index (χ0v) is 22.1. The average molecular weight is 509 g/mol. The van der Waals surface area contributed by atoms with E-state index in [4.69, 9.17) is 4.74 Å². The van der Waals surface area contributed by atoms with E-state index in [0.717, 1.165) is 34.1 Å². The number of nitrogens with one attached hydrogen (secondary N) is 1. The first kappa shape index (κ1) is 25.3. The van der Waals surface area contributed by atoms with Gasteiger partial charge in [0.15, 0.2) is 0 Å². The van der Waals surface area contributed by atoms with Crippen molar-refractivity contribution in [2.24, 2.45) is 5.92 Å². The fourth-order valence-corrected chi connectivity index (χ4v) is 5.04. The molecule has 4 aromatic rings. The van der Waals surface area contributed by atoms with Crippen LogP contribution in [0, 0.1) is 12.8 Å². The van der Waals surface area contributed by atoms with Gasteiger partial charge in [0.25, 0.3) is 11.7 Å². The number of aliphatic hydroxyl groups excluding tert-OH is 1. The summed E-state index contributed by atoms with van der Waals surface area (Å²) in [6.07, 6.45) is 0.862. The van der Waals surface area contributed by atoms with E-state index >= 15 is 0 Å². The fraction of sp³-hybridized carbons (Fsp3) is 0.250. The summed E-state index contributed by atoms with van der Waals surface area (Å²) in [5, 5.41) is 12.4. The number of ether oxygens (including phenoxy) is 1. The number of aromatic nitrogens is 1. The Bertz CT molecular complexity index is 1530. The van der Waals surface area contributed by atoms with Crippen molar-refractivity contribution in [3.8, 4) is 5.75 Å². The molecule has 2 N–H and O–H groups in total. The van der Waals surface area contributed by atoms with Gasteiger partial charge >= 0.3 is 0 Å². The molecule has 1 atom stereocenters. The topological polar surface area (TPSA) is 82.6 Å². The first-order valence-electron chi connectivity index (χ1n) is 13.0. The summed E-state index contributed by atoms with van der Waals surface area (Å²) in [6, 6.07) is 21.6. The number of rotatable bonds is 7. The monoisotopic (exact) mass is 508 g/mol. The lowest BCUT2D eigenvalue weighted by molar-refractivity contribution is -0.132. The first-order chi connectivity index (χ1) is 18.3. The van der Waals surface area contributed by atoms with Crippen LogP contribution in [0.1, 0.15) is 49.2 Å². The van der Waals surface area contributed by atoms with Gasteiger partial charge in [0.2, 0.25) is 0 Å². The van der Waals surface area contributed by atoms with E-state index in [1.807, 2.05) is 55.5 Å². The van der Waals surface area contributed by atoms with E-state index in [0.29, 0.717) is 29.5 Å². The molecule has 0 aliphatic carbocycles. The number of para-hydroxylation sites is 1. The third kappa shape index (κ3) is 4.47. The molecule has 1 fully saturated rings. The fourth-order valence-electron chi connectivity index (χ4n) is 5.04. The summed E-state index contributed by atoms with van der Waals surface area (Å²) in [6.45, 7) is 8.71. The molecule has 1 saturated heterocycles. The molecule has 5 rings (SSSR count). The number of aromatic amines is 1. The van der Waals surface area contributed by atoms with Crippen LogP contribution < -0.4 is 9.64 Å². The molecule has 38 heavy (non-hydrogen) atoms. The maximum absolute atomic E-state index is 13.6. The summed E-state index contributed by atoms with van der Waals surface area (Å²) in [4.78, 5) is 32.0. The molecule has 1 unspecified atom stereocenters. The highest BCUT2D eigenvalue weighted by atomic mass is 16.5. The molecule has 1 aliphatic heterocycles. The van der Waals surface area contributed by atoms with Gasteiger partial charge in [-0.25, -0.2) is 0 Å². The zero-order chi connectivity index (χ0) is 27.0. The van der Waals surface area contributed by atoms with E-state index in [1.165, 1.54) is 4.90 Å². The molecule has 1 aliphatic rings. The molecule has 6 heteroatoms. The minimum Gasteiger partial charge on any atom is -0.507 e. The zero-order valence-electron chi connectivity index (χ0n) is 22.1. The maximum atomic E-state index is 13.6. The van der Waals surface area contributed by atoms with E-state index in [9.17, 15) is 14.7 Å². The van der Waals surface area contributed by atoms with Crippen molar-refractivity contribution < 1.29 is 19.4 Å². The number of anilines is 1. The quantitative estimate of drug-likeness (QED) is 0.165. The van der Waals surface area contributed by atoms with Crippen LogP contribution in [0.15, 0.2) is 78.4 Å². The predicted molar refractivity (Wildman–Crippen MR) is 150 cm³/mol. The molecular weight excluding hydrogens is 476 g/mol. The number of hydrogen-bond donors (Lipinski definition) is 2. The van der Waals surface area contributed by atoms with Gasteiger partial charge in [0.05, 0.1) is 18.2 Å². The molecule has 1 aromatic heterocycles. The third-order valence-electron chi connectivity index (χ3n) is 7.00. The number of H-pyrrole nitrogens is 1. The summed E-state index contributed by atoms with van der Waals surface area (Å²) >= 11 is 0. The van der Waals surface area contributed by atoms with Gasteiger partial charge in [-0.15, -0.1) is 0 Å². The number of hydrogen-bond acceptors (Lipinski definition) is 4. The Morgan fingerprint density at radius 1 is 1.00 bits per heavy atom. The molecule has 0 spiro atoms. The Labute approximate surface area is 222 Å². The van der Waals surface area contributed by atoms with Crippen molar-refractivity contribution in [2.75, 3.05) is 11.5 Å². The number of carbonyl (C=O) groups excluding carboxylic acids is 2. The van der Waals surface area contributed by atoms with Gasteiger partial charge < -0.3 is 14.8 Å². The van der Waals surface area contributed by atoms with Crippen molar-refractivity contribution in [1.82, 2.24) is 4.98 Å². The molecule has 0 radical (unpaired) electrons. The smallest absolute Gasteiger partial charge is 0.300 e. The van der Waals surface area contributed by atoms with Crippen molar-refractivity contribution in [2.45, 2.75) is 40.2 Å². The van der Waals surface area contributed by atoms with Crippen LogP contribution in [0.2, 0.25) is 0 Å². The maximum Gasteiger partial charge on any atom is 0.300 e. The second kappa shape index (κ2) is 10.2. The van der Waals surface area contributed by atoms with Gasteiger partial charge in [-0.1, -0.05) is 51.1 Å². The lowest BCUT2D eigenvalue weighted by Gasteiger charge is -2.26. The standard InChI is InChI=1S/C32H32N2O4/c1-5-21-10-14-23(15-11-21)34-29(27-20(4)33-26-9-7-6-8-25(26)27)28(31(36)32(34)37)30(35)22-12-16-24(17-13-22)38-18-19(2)3/h6-17,19,29,33,35H,5,18H2,1-4H3/b30-28+. The molecule has 0 bridgehead atoms. The van der Waals surface area contributed by atoms with Crippen LogP contribution in [0.3, 0.4) is 0 Å². The lowest BCUT2D eigenvalue weighted by atomic mass is 9.93. The number of aryl methyl sites for hydroxylation is 2. The summed E-state index contributed by atoms with van der Waals surface area (Å²) < 4.78 is 5.77. The van der Waals surface area contributed by atoms with Crippen LogP contribution in [0.4, 0.5) is 5.69 Å². The largest absolute Gasteiger partial charge is 0.507 e. The number of benzene rings is 3. The van der Waals surface area contributed by atoms with Crippen LogP contribution in [0.25, 0.3) is 16.7 Å². The highest BCUT2D eigenvalue weighted by Gasteiger charge is 2.48. The Kier molecular flexibility index (Phi) is 6.81. The second-order valence-electron chi connectivity index (χ2n) is 10.1. The van der Waals surface area contributed by atoms with Crippen LogP contribution >= 0.6 is 0 Å². The van der Waals surface area contributed by atoms with Crippen molar-refractivity contribution in [1.29, 1.82) is 0 Å². The van der Waals surface area contributed by atoms with E-state index < -0.39 is 17.7 Å². The van der Waals surface area contributed by atoms with Crippen molar-refractivity contribution in [3.05, 3.63) is 101 Å². The Morgan fingerprint density at radius 3 is 2.34 bits per heavy atom. The molecular formula is C32H32N2O4. The van der Waals surface area contributed by atoms with Crippen molar-refractivity contribution >= 4 is 34.0 Å². The third-order valence-corrected chi connectivity index (χ3v) is 7.00. The lowest BCUT2D eigenvalue weighted by Crippen LogP contribution is -2.29. The molecule has 2 heterocycles. The highest BCUT2D eigenvalue weighted by Crippen LogP contribution is 2.45. The van der Waals surface area contributed by atoms with Crippen LogP contribution in [0.5, 0.6) is 5.75 Å². The Morgan fingerprint density at radius 2 is 1.68 bits per heavy atom. The van der Waals surface area contributed by atoms with E-state index in [1.54, 1.807) is 24.3 Å². The number of Topliss-reactive ketones (excluding diaryl/α,β-unsaturated/α-hetero) is 1. The second-order valence-corrected chi connectivity index (χ2v) is 10.1. The molecule has 1 amide bonds. The minimum atomic E-state index is -0.796. The molecule has 0 saturated carbocycles.